The van der Waals surface area contributed by atoms with Gasteiger partial charge >= 0.3 is 0 Å². The van der Waals surface area contributed by atoms with E-state index in [1.165, 1.54) is 12.1 Å². The minimum Gasteiger partial charge on any atom is -0.389 e. The van der Waals surface area contributed by atoms with Gasteiger partial charge in [0.25, 0.3) is 0 Å². The van der Waals surface area contributed by atoms with Gasteiger partial charge in [0.15, 0.2) is 0 Å². The van der Waals surface area contributed by atoms with E-state index < -0.39 is 5.60 Å². The van der Waals surface area contributed by atoms with E-state index >= 15 is 0 Å². The Morgan fingerprint density at radius 1 is 1.41 bits per heavy atom. The van der Waals surface area contributed by atoms with E-state index in [0.717, 1.165) is 11.3 Å². The SMILES string of the molecule is CNCc1cc(F)ccc1N(C)CC(C)(C)O. The number of aliphatic hydroxyl groups is 1. The largest absolute Gasteiger partial charge is 0.389 e. The standard InChI is InChI=1S/C13H21FN2O/c1-13(2,17)9-16(4)12-6-5-11(14)7-10(12)8-15-3/h5-7,15,17H,8-9H2,1-4H3. The molecule has 3 nitrogen and oxygen atoms in total. The number of halogens is 1. The smallest absolute Gasteiger partial charge is 0.123 e. The average Bonchev–Trinajstić information content (AvgIpc) is 2.15. The third-order valence-electron chi connectivity index (χ3n) is 2.44. The van der Waals surface area contributed by atoms with E-state index in [2.05, 4.69) is 5.32 Å². The molecule has 0 unspecified atom stereocenters. The second kappa shape index (κ2) is 5.47. The van der Waals surface area contributed by atoms with Gasteiger partial charge in [-0.25, -0.2) is 4.39 Å². The summed E-state index contributed by atoms with van der Waals surface area (Å²) in [6.07, 6.45) is 0. The third kappa shape index (κ3) is 4.32. The minimum absolute atomic E-state index is 0.240. The number of anilines is 1. The Kier molecular flexibility index (Phi) is 4.48. The number of likely N-dealkylation sites (N-methyl/N-ethyl adjacent to an activating group) is 1. The highest BCUT2D eigenvalue weighted by atomic mass is 19.1. The van der Waals surface area contributed by atoms with Gasteiger partial charge in [0.1, 0.15) is 5.82 Å². The van der Waals surface area contributed by atoms with Crippen molar-refractivity contribution in [2.45, 2.75) is 26.0 Å². The maximum absolute atomic E-state index is 13.2. The molecule has 0 bridgehead atoms. The van der Waals surface area contributed by atoms with E-state index in [4.69, 9.17) is 0 Å². The first-order valence-electron chi connectivity index (χ1n) is 5.70. The van der Waals surface area contributed by atoms with Gasteiger partial charge in [-0.15, -0.1) is 0 Å². The molecule has 0 aliphatic carbocycles. The van der Waals surface area contributed by atoms with E-state index in [1.807, 2.05) is 19.0 Å². The normalized spacial score (nSPS) is 11.6. The molecule has 1 aromatic carbocycles. The van der Waals surface area contributed by atoms with Crippen LogP contribution in [0.3, 0.4) is 0 Å². The van der Waals surface area contributed by atoms with E-state index in [9.17, 15) is 9.50 Å². The predicted octanol–water partition coefficient (Wildman–Crippen LogP) is 1.75. The maximum atomic E-state index is 13.2. The molecule has 0 amide bonds. The van der Waals surface area contributed by atoms with E-state index in [-0.39, 0.29) is 5.82 Å². The Hall–Kier alpha value is -1.13. The number of nitrogens with one attached hydrogen (secondary N) is 1. The zero-order valence-corrected chi connectivity index (χ0v) is 10.9. The summed E-state index contributed by atoms with van der Waals surface area (Å²) in [4.78, 5) is 1.94. The van der Waals surface area contributed by atoms with Crippen LogP contribution in [0, 0.1) is 5.82 Å². The molecular weight excluding hydrogens is 219 g/mol. The topological polar surface area (TPSA) is 35.5 Å². The molecule has 0 saturated carbocycles. The Morgan fingerprint density at radius 3 is 2.59 bits per heavy atom. The molecule has 4 heteroatoms. The number of hydrogen-bond donors (Lipinski definition) is 2. The van der Waals surface area contributed by atoms with Crippen molar-refractivity contribution in [3.05, 3.63) is 29.6 Å². The van der Waals surface area contributed by atoms with Gasteiger partial charge in [-0.3, -0.25) is 0 Å². The summed E-state index contributed by atoms with van der Waals surface area (Å²) in [5.41, 5.74) is 1.04. The first-order valence-corrected chi connectivity index (χ1v) is 5.70. The molecule has 1 aromatic rings. The van der Waals surface area contributed by atoms with Crippen molar-refractivity contribution in [3.63, 3.8) is 0 Å². The van der Waals surface area contributed by atoms with Gasteiger partial charge in [-0.05, 0) is 44.7 Å². The van der Waals surface area contributed by atoms with Crippen molar-refractivity contribution in [2.75, 3.05) is 25.5 Å². The first-order chi connectivity index (χ1) is 7.83. The average molecular weight is 240 g/mol. The van der Waals surface area contributed by atoms with E-state index in [1.54, 1.807) is 19.9 Å². The van der Waals surface area contributed by atoms with Gasteiger partial charge in [-0.1, -0.05) is 0 Å². The number of hydrogen-bond acceptors (Lipinski definition) is 3. The van der Waals surface area contributed by atoms with Crippen molar-refractivity contribution in [1.82, 2.24) is 5.32 Å². The van der Waals surface area contributed by atoms with Crippen LogP contribution in [0.5, 0.6) is 0 Å². The van der Waals surface area contributed by atoms with Gasteiger partial charge in [0.05, 0.1) is 5.60 Å². The number of rotatable bonds is 5. The lowest BCUT2D eigenvalue weighted by molar-refractivity contribution is 0.0886. The van der Waals surface area contributed by atoms with Crippen molar-refractivity contribution in [3.8, 4) is 0 Å². The fraction of sp³-hybridized carbons (Fsp3) is 0.538. The molecule has 0 saturated heterocycles. The fourth-order valence-electron chi connectivity index (χ4n) is 1.92. The lowest BCUT2D eigenvalue weighted by atomic mass is 10.1. The Labute approximate surface area is 102 Å². The molecule has 2 N–H and O–H groups in total. The molecule has 0 spiro atoms. The van der Waals surface area contributed by atoms with Crippen LogP contribution in [-0.4, -0.2) is 31.3 Å². The molecule has 0 fully saturated rings. The van der Waals surface area contributed by atoms with E-state index in [0.29, 0.717) is 13.1 Å². The van der Waals surface area contributed by atoms with Crippen LogP contribution in [0.2, 0.25) is 0 Å². The van der Waals surface area contributed by atoms with Crippen LogP contribution < -0.4 is 10.2 Å². The van der Waals surface area contributed by atoms with Crippen LogP contribution >= 0.6 is 0 Å². The molecule has 0 radical (unpaired) electrons. The Bertz CT molecular complexity index is 374. The van der Waals surface area contributed by atoms with Crippen LogP contribution in [0.4, 0.5) is 10.1 Å². The molecule has 0 aliphatic heterocycles. The highest BCUT2D eigenvalue weighted by molar-refractivity contribution is 5.53. The fourth-order valence-corrected chi connectivity index (χ4v) is 1.92. The highest BCUT2D eigenvalue weighted by Crippen LogP contribution is 2.22. The van der Waals surface area contributed by atoms with Crippen LogP contribution in [-0.2, 0) is 6.54 Å². The van der Waals surface area contributed by atoms with Gasteiger partial charge in [0.2, 0.25) is 0 Å². The summed E-state index contributed by atoms with van der Waals surface area (Å²) in [6.45, 7) is 4.61. The zero-order chi connectivity index (χ0) is 13.1. The first kappa shape index (κ1) is 13.9. The predicted molar refractivity (Wildman–Crippen MR) is 68.7 cm³/mol. The number of nitrogens with zero attached hydrogens (tertiary/aromatic N) is 1. The molecule has 96 valence electrons. The maximum Gasteiger partial charge on any atom is 0.123 e. The lowest BCUT2D eigenvalue weighted by Gasteiger charge is -2.29. The van der Waals surface area contributed by atoms with Crippen LogP contribution in [0.15, 0.2) is 18.2 Å². The Morgan fingerprint density at radius 2 is 2.06 bits per heavy atom. The summed E-state index contributed by atoms with van der Waals surface area (Å²) in [5, 5.41) is 12.8. The highest BCUT2D eigenvalue weighted by Gasteiger charge is 2.17. The van der Waals surface area contributed by atoms with Crippen LogP contribution in [0.1, 0.15) is 19.4 Å². The second-order valence-electron chi connectivity index (χ2n) is 4.97. The summed E-state index contributed by atoms with van der Waals surface area (Å²) in [5.74, 6) is -0.240. The summed E-state index contributed by atoms with van der Waals surface area (Å²) < 4.78 is 13.2. The quantitative estimate of drug-likeness (QED) is 0.823. The molecule has 17 heavy (non-hydrogen) atoms. The molecule has 0 aliphatic rings. The van der Waals surface area contributed by atoms with Crippen molar-refractivity contribution in [2.24, 2.45) is 0 Å². The molecule has 0 aromatic heterocycles. The minimum atomic E-state index is -0.778. The summed E-state index contributed by atoms with van der Waals surface area (Å²) in [6, 6.07) is 4.70. The van der Waals surface area contributed by atoms with Crippen LogP contribution in [0.25, 0.3) is 0 Å². The second-order valence-corrected chi connectivity index (χ2v) is 4.97. The van der Waals surface area contributed by atoms with Crippen molar-refractivity contribution < 1.29 is 9.50 Å². The Balaban J connectivity index is 2.95. The molecular formula is C13H21FN2O. The molecule has 0 atom stereocenters. The third-order valence-corrected chi connectivity index (χ3v) is 2.44. The molecule has 1 rings (SSSR count). The van der Waals surface area contributed by atoms with Crippen molar-refractivity contribution in [1.29, 1.82) is 0 Å². The van der Waals surface area contributed by atoms with Gasteiger partial charge < -0.3 is 15.3 Å². The zero-order valence-electron chi connectivity index (χ0n) is 10.9. The molecule has 0 heterocycles. The summed E-state index contributed by atoms with van der Waals surface area (Å²) >= 11 is 0. The van der Waals surface area contributed by atoms with Gasteiger partial charge in [0, 0.05) is 25.8 Å². The van der Waals surface area contributed by atoms with Gasteiger partial charge in [-0.2, -0.15) is 0 Å². The monoisotopic (exact) mass is 240 g/mol. The van der Waals surface area contributed by atoms with Crippen molar-refractivity contribution >= 4 is 5.69 Å². The lowest BCUT2D eigenvalue weighted by Crippen LogP contribution is -2.36. The number of benzene rings is 1. The summed E-state index contributed by atoms with van der Waals surface area (Å²) in [7, 11) is 3.72.